The zero-order valence-electron chi connectivity index (χ0n) is 26.2. The minimum Gasteiger partial charge on any atom is -0.493 e. The van der Waals surface area contributed by atoms with Crippen molar-refractivity contribution in [2.45, 2.75) is 58.2 Å². The molecule has 1 aliphatic carbocycles. The van der Waals surface area contributed by atoms with E-state index in [1.807, 2.05) is 13.8 Å². The molecule has 2 aliphatic rings. The number of carbonyl (C=O) groups is 5. The predicted octanol–water partition coefficient (Wildman–Crippen LogP) is 1.62. The molecule has 0 saturated heterocycles. The Morgan fingerprint density at radius 3 is 2.44 bits per heavy atom. The molecule has 0 radical (unpaired) electrons. The van der Waals surface area contributed by atoms with Crippen LogP contribution in [0.3, 0.4) is 0 Å². The first-order valence-electron chi connectivity index (χ1n) is 14.4. The van der Waals surface area contributed by atoms with Crippen molar-refractivity contribution in [2.75, 3.05) is 34.4 Å². The number of carbonyl (C=O) groups excluding carboxylic acids is 4. The standard InChI is InChI=1S/C30H38N4O8.CH2O2/c1-16(2)22-14-34(29(37)20-12-18-8-7-9-21(18)33-28(20)40-5)15-25(35)31-17(3)26(30(38)41-6)42-24-13-19(27(36)32-22)10-11-23(24)39-4;2-1-3/h10-13,16-17,22,26H,7-9,14-15H2,1-6H3,(H,31,35)(H,32,36);1H,(H,2,3)/t17-,22+,26+;/m0./s1. The van der Waals surface area contributed by atoms with E-state index in [1.54, 1.807) is 25.1 Å². The molecule has 14 heteroatoms. The van der Waals surface area contributed by atoms with Gasteiger partial charge in [0.05, 0.1) is 33.9 Å². The highest BCUT2D eigenvalue weighted by molar-refractivity contribution is 5.99. The van der Waals surface area contributed by atoms with Crippen LogP contribution < -0.4 is 24.8 Å². The minimum atomic E-state index is -1.28. The van der Waals surface area contributed by atoms with E-state index in [2.05, 4.69) is 15.6 Å². The number of fused-ring (bicyclic) bond motifs is 3. The molecule has 4 rings (SSSR count). The van der Waals surface area contributed by atoms with Crippen molar-refractivity contribution in [3.05, 3.63) is 46.6 Å². The van der Waals surface area contributed by atoms with Gasteiger partial charge in [-0.2, -0.15) is 0 Å². The summed E-state index contributed by atoms with van der Waals surface area (Å²) < 4.78 is 21.8. The number of esters is 1. The minimum absolute atomic E-state index is 0.0320. The molecule has 0 fully saturated rings. The normalized spacial score (nSPS) is 19.8. The average Bonchev–Trinajstić information content (AvgIpc) is 3.48. The molecular formula is C31H40N4O10. The molecule has 3 N–H and O–H groups in total. The lowest BCUT2D eigenvalue weighted by molar-refractivity contribution is -0.150. The number of methoxy groups -OCH3 is 3. The van der Waals surface area contributed by atoms with Gasteiger partial charge in [0.25, 0.3) is 18.3 Å². The van der Waals surface area contributed by atoms with Crippen molar-refractivity contribution in [3.63, 3.8) is 0 Å². The fourth-order valence-electron chi connectivity index (χ4n) is 5.13. The van der Waals surface area contributed by atoms with E-state index < -0.39 is 41.9 Å². The summed E-state index contributed by atoms with van der Waals surface area (Å²) in [5, 5.41) is 12.7. The second-order valence-corrected chi connectivity index (χ2v) is 10.9. The Morgan fingerprint density at radius 2 is 1.82 bits per heavy atom. The molecule has 0 unspecified atom stereocenters. The maximum Gasteiger partial charge on any atom is 0.349 e. The van der Waals surface area contributed by atoms with Gasteiger partial charge in [-0.1, -0.05) is 13.8 Å². The lowest BCUT2D eigenvalue weighted by Crippen LogP contribution is -2.54. The summed E-state index contributed by atoms with van der Waals surface area (Å²) in [7, 11) is 4.09. The number of hydrogen-bond donors (Lipinski definition) is 3. The number of aryl methyl sites for hydroxylation is 2. The molecule has 45 heavy (non-hydrogen) atoms. The second kappa shape index (κ2) is 15.7. The summed E-state index contributed by atoms with van der Waals surface area (Å²) >= 11 is 0. The van der Waals surface area contributed by atoms with E-state index in [0.717, 1.165) is 30.5 Å². The van der Waals surface area contributed by atoms with Gasteiger partial charge in [-0.05, 0) is 61.9 Å². The fraction of sp³-hybridized carbons (Fsp3) is 0.484. The van der Waals surface area contributed by atoms with E-state index in [9.17, 15) is 19.2 Å². The molecule has 0 spiro atoms. The van der Waals surface area contributed by atoms with Crippen LogP contribution in [0, 0.1) is 5.92 Å². The van der Waals surface area contributed by atoms with Crippen molar-refractivity contribution in [1.29, 1.82) is 0 Å². The highest BCUT2D eigenvalue weighted by atomic mass is 16.6. The number of aromatic nitrogens is 1. The number of nitrogens with zero attached hydrogens (tertiary/aromatic N) is 2. The van der Waals surface area contributed by atoms with Gasteiger partial charge in [-0.15, -0.1) is 0 Å². The smallest absolute Gasteiger partial charge is 0.349 e. The Morgan fingerprint density at radius 1 is 1.11 bits per heavy atom. The number of carboxylic acid groups (broad SMARTS) is 1. The third-order valence-electron chi connectivity index (χ3n) is 7.56. The number of ether oxygens (including phenoxy) is 4. The number of hydrogen-bond acceptors (Lipinski definition) is 10. The first kappa shape index (κ1) is 34.6. The summed E-state index contributed by atoms with van der Waals surface area (Å²) in [6.45, 7) is 4.85. The Balaban J connectivity index is 0.00000177. The zero-order chi connectivity index (χ0) is 33.3. The van der Waals surface area contributed by atoms with Crippen LogP contribution in [0.1, 0.15) is 59.2 Å². The molecular weight excluding hydrogens is 588 g/mol. The highest BCUT2D eigenvalue weighted by Crippen LogP contribution is 2.31. The summed E-state index contributed by atoms with van der Waals surface area (Å²) in [5.41, 5.74) is 2.37. The first-order chi connectivity index (χ1) is 21.5. The van der Waals surface area contributed by atoms with Gasteiger partial charge < -0.3 is 39.6 Å². The highest BCUT2D eigenvalue weighted by Gasteiger charge is 2.34. The Bertz CT molecular complexity index is 1410. The maximum absolute atomic E-state index is 14.0. The van der Waals surface area contributed by atoms with Crippen molar-refractivity contribution < 1.29 is 48.0 Å². The van der Waals surface area contributed by atoms with E-state index >= 15 is 0 Å². The van der Waals surface area contributed by atoms with Crippen LogP contribution in [0.2, 0.25) is 0 Å². The number of amides is 3. The SMILES string of the molecule is COC(=O)[C@@H]1Oc2cc(ccc2OC)C(=O)N[C@@H](C(C)C)CN(C(=O)c2cc3c(nc2OC)CCC3)CC(=O)N[C@H]1C.O=CO. The predicted molar refractivity (Wildman–Crippen MR) is 161 cm³/mol. The van der Waals surface area contributed by atoms with Crippen molar-refractivity contribution in [1.82, 2.24) is 20.5 Å². The van der Waals surface area contributed by atoms with E-state index in [-0.39, 0.29) is 48.2 Å². The first-order valence-corrected chi connectivity index (χ1v) is 14.4. The van der Waals surface area contributed by atoms with E-state index in [0.29, 0.717) is 5.75 Å². The molecule has 2 heterocycles. The van der Waals surface area contributed by atoms with Gasteiger partial charge in [0.15, 0.2) is 11.5 Å². The van der Waals surface area contributed by atoms with Crippen LogP contribution in [0.4, 0.5) is 0 Å². The van der Waals surface area contributed by atoms with Crippen molar-refractivity contribution in [3.8, 4) is 17.4 Å². The lowest BCUT2D eigenvalue weighted by atomic mass is 10.0. The molecule has 2 bridgehead atoms. The molecule has 1 aliphatic heterocycles. The van der Waals surface area contributed by atoms with Crippen LogP contribution >= 0.6 is 0 Å². The quantitative estimate of drug-likeness (QED) is 0.323. The van der Waals surface area contributed by atoms with Crippen LogP contribution in [-0.2, 0) is 32.0 Å². The van der Waals surface area contributed by atoms with Gasteiger partial charge in [0, 0.05) is 23.8 Å². The molecule has 0 saturated carbocycles. The summed E-state index contributed by atoms with van der Waals surface area (Å²) in [6.07, 6.45) is 1.27. The number of benzene rings is 1. The van der Waals surface area contributed by atoms with Crippen molar-refractivity contribution in [2.24, 2.45) is 5.92 Å². The van der Waals surface area contributed by atoms with Gasteiger partial charge in [0.2, 0.25) is 17.9 Å². The summed E-state index contributed by atoms with van der Waals surface area (Å²) in [5.74, 6) is -1.65. The van der Waals surface area contributed by atoms with Gasteiger partial charge in [-0.3, -0.25) is 19.2 Å². The van der Waals surface area contributed by atoms with Crippen LogP contribution in [0.5, 0.6) is 17.4 Å². The number of rotatable bonds is 5. The number of pyridine rings is 1. The topological polar surface area (TPSA) is 183 Å². The second-order valence-electron chi connectivity index (χ2n) is 10.9. The summed E-state index contributed by atoms with van der Waals surface area (Å²) in [6, 6.07) is 4.99. The van der Waals surface area contributed by atoms with Crippen molar-refractivity contribution >= 4 is 30.2 Å². The summed E-state index contributed by atoms with van der Waals surface area (Å²) in [4.78, 5) is 67.8. The fourth-order valence-corrected chi connectivity index (χ4v) is 5.13. The van der Waals surface area contributed by atoms with Crippen LogP contribution in [0.15, 0.2) is 24.3 Å². The van der Waals surface area contributed by atoms with Gasteiger partial charge in [-0.25, -0.2) is 9.78 Å². The monoisotopic (exact) mass is 628 g/mol. The molecule has 3 amide bonds. The lowest BCUT2D eigenvalue weighted by Gasteiger charge is -2.32. The molecule has 1 aromatic heterocycles. The Kier molecular flexibility index (Phi) is 12.1. The molecule has 244 valence electrons. The molecule has 1 aromatic carbocycles. The van der Waals surface area contributed by atoms with E-state index in [1.165, 1.54) is 32.3 Å². The van der Waals surface area contributed by atoms with Gasteiger partial charge >= 0.3 is 5.97 Å². The zero-order valence-corrected chi connectivity index (χ0v) is 26.2. The third kappa shape index (κ3) is 8.40. The van der Waals surface area contributed by atoms with Crippen LogP contribution in [0.25, 0.3) is 0 Å². The van der Waals surface area contributed by atoms with Gasteiger partial charge in [0.1, 0.15) is 5.56 Å². The molecule has 3 atom stereocenters. The largest absolute Gasteiger partial charge is 0.493 e. The maximum atomic E-state index is 14.0. The van der Waals surface area contributed by atoms with E-state index in [4.69, 9.17) is 28.8 Å². The average molecular weight is 629 g/mol. The molecule has 14 nitrogen and oxygen atoms in total. The Labute approximate surface area is 261 Å². The molecule has 2 aromatic rings. The van der Waals surface area contributed by atoms with Crippen LogP contribution in [-0.4, -0.2) is 97.8 Å². The Hall–Kier alpha value is -4.88. The third-order valence-corrected chi connectivity index (χ3v) is 7.56. The number of nitrogens with one attached hydrogen (secondary N) is 2.